The molecule has 0 radical (unpaired) electrons. The molecule has 0 aliphatic heterocycles. The number of rotatable bonds is 1. The maximum absolute atomic E-state index is 2.40. The van der Waals surface area contributed by atoms with E-state index in [4.69, 9.17) is 0 Å². The highest BCUT2D eigenvalue weighted by molar-refractivity contribution is 5.50. The monoisotopic (exact) mass is 240 g/mol. The summed E-state index contributed by atoms with van der Waals surface area (Å²) in [4.78, 5) is 0. The summed E-state index contributed by atoms with van der Waals surface area (Å²) in [7, 11) is 0. The molecule has 0 heterocycles. The largest absolute Gasteiger partial charge is 0.0813 e. The lowest BCUT2D eigenvalue weighted by molar-refractivity contribution is 0.416. The van der Waals surface area contributed by atoms with Crippen LogP contribution in [0.1, 0.15) is 47.0 Å². The van der Waals surface area contributed by atoms with Crippen LogP contribution in [0.3, 0.4) is 0 Å². The van der Waals surface area contributed by atoms with Gasteiger partial charge in [-0.2, -0.15) is 0 Å². The van der Waals surface area contributed by atoms with E-state index in [1.54, 1.807) is 5.57 Å². The Kier molecular flexibility index (Phi) is 3.75. The maximum atomic E-state index is 2.40. The van der Waals surface area contributed by atoms with E-state index in [9.17, 15) is 0 Å². The van der Waals surface area contributed by atoms with Crippen LogP contribution in [-0.4, -0.2) is 0 Å². The number of hydrogen-bond acceptors (Lipinski definition) is 0. The van der Waals surface area contributed by atoms with Crippen LogP contribution in [0, 0.1) is 5.41 Å². The van der Waals surface area contributed by atoms with Gasteiger partial charge in [-0.05, 0) is 55.2 Å². The molecule has 0 aromatic heterocycles. The zero-order chi connectivity index (χ0) is 13.2. The first-order valence-corrected chi connectivity index (χ1v) is 6.93. The first kappa shape index (κ1) is 13.1. The molecule has 0 N–H and O–H groups in total. The van der Waals surface area contributed by atoms with Gasteiger partial charge in [0.2, 0.25) is 0 Å². The molecule has 96 valence electrons. The minimum Gasteiger partial charge on any atom is -0.0813 e. The molecular weight excluding hydrogens is 216 g/mol. The smallest absolute Gasteiger partial charge is 0.00913 e. The lowest BCUT2D eigenvalue weighted by Crippen LogP contribution is -2.17. The van der Waals surface area contributed by atoms with Crippen LogP contribution < -0.4 is 0 Å². The van der Waals surface area contributed by atoms with Crippen molar-refractivity contribution in [2.75, 3.05) is 0 Å². The van der Waals surface area contributed by atoms with E-state index in [2.05, 4.69) is 64.2 Å². The fourth-order valence-corrected chi connectivity index (χ4v) is 3.07. The Labute approximate surface area is 111 Å². The molecule has 0 spiro atoms. The third kappa shape index (κ3) is 2.58. The molecular formula is C18H24. The molecule has 0 aromatic carbocycles. The highest BCUT2D eigenvalue weighted by Crippen LogP contribution is 2.43. The summed E-state index contributed by atoms with van der Waals surface area (Å²) in [6, 6.07) is 0. The van der Waals surface area contributed by atoms with Crippen molar-refractivity contribution in [1.29, 1.82) is 0 Å². The van der Waals surface area contributed by atoms with Crippen molar-refractivity contribution in [3.63, 3.8) is 0 Å². The summed E-state index contributed by atoms with van der Waals surface area (Å²) in [5.41, 5.74) is 6.25. The molecule has 0 amide bonds. The second kappa shape index (κ2) is 5.14. The maximum Gasteiger partial charge on any atom is -0.00913 e. The standard InChI is InChI=1S/C18H24/c1-14-10-9-13-18(3,4)17(15(14)2)16-11-7-5-6-8-12-16/h5-8,10-11H,9,12-13H2,1-4H3. The van der Waals surface area contributed by atoms with Gasteiger partial charge in [-0.25, -0.2) is 0 Å². The predicted octanol–water partition coefficient (Wildman–Crippen LogP) is 5.51. The van der Waals surface area contributed by atoms with Crippen LogP contribution in [0.5, 0.6) is 0 Å². The second-order valence-corrected chi connectivity index (χ2v) is 6.02. The van der Waals surface area contributed by atoms with Crippen molar-refractivity contribution >= 4 is 0 Å². The SMILES string of the molecule is CC1=CCCC(C)(C)C(C2=CC=CC=CC2)=C1C. The number of hydrogen-bond donors (Lipinski definition) is 0. The zero-order valence-electron chi connectivity index (χ0n) is 12.1. The van der Waals surface area contributed by atoms with Crippen molar-refractivity contribution < 1.29 is 0 Å². The van der Waals surface area contributed by atoms with E-state index in [0.29, 0.717) is 0 Å². The van der Waals surface area contributed by atoms with Gasteiger partial charge in [0.25, 0.3) is 0 Å². The van der Waals surface area contributed by atoms with Crippen molar-refractivity contribution in [1.82, 2.24) is 0 Å². The van der Waals surface area contributed by atoms with Crippen molar-refractivity contribution in [2.24, 2.45) is 5.41 Å². The Bertz CT molecular complexity index is 476. The first-order valence-electron chi connectivity index (χ1n) is 6.93. The zero-order valence-corrected chi connectivity index (χ0v) is 12.1. The summed E-state index contributed by atoms with van der Waals surface area (Å²) in [6.07, 6.45) is 16.9. The highest BCUT2D eigenvalue weighted by Gasteiger charge is 2.28. The highest BCUT2D eigenvalue weighted by atomic mass is 14.3. The van der Waals surface area contributed by atoms with Crippen molar-refractivity contribution in [2.45, 2.75) is 47.0 Å². The lowest BCUT2D eigenvalue weighted by Gasteiger charge is -2.30. The molecule has 2 aliphatic rings. The van der Waals surface area contributed by atoms with Crippen LogP contribution in [-0.2, 0) is 0 Å². The van der Waals surface area contributed by atoms with Gasteiger partial charge in [0, 0.05) is 0 Å². The summed E-state index contributed by atoms with van der Waals surface area (Å²) in [5.74, 6) is 0. The fraction of sp³-hybridized carbons (Fsp3) is 0.444. The summed E-state index contributed by atoms with van der Waals surface area (Å²) in [6.45, 7) is 9.31. The normalized spacial score (nSPS) is 23.3. The minimum atomic E-state index is 0.274. The van der Waals surface area contributed by atoms with Gasteiger partial charge in [0.05, 0.1) is 0 Å². The molecule has 0 nitrogen and oxygen atoms in total. The van der Waals surface area contributed by atoms with Crippen molar-refractivity contribution in [3.05, 3.63) is 58.7 Å². The Morgan fingerprint density at radius 1 is 1.06 bits per heavy atom. The van der Waals surface area contributed by atoms with Gasteiger partial charge in [0.1, 0.15) is 0 Å². The predicted molar refractivity (Wildman–Crippen MR) is 80.5 cm³/mol. The summed E-state index contributed by atoms with van der Waals surface area (Å²) in [5, 5.41) is 0. The van der Waals surface area contributed by atoms with E-state index in [1.165, 1.54) is 29.6 Å². The van der Waals surface area contributed by atoms with Crippen LogP contribution in [0.25, 0.3) is 0 Å². The molecule has 2 aliphatic carbocycles. The molecule has 0 fully saturated rings. The van der Waals surface area contributed by atoms with Gasteiger partial charge in [0.15, 0.2) is 0 Å². The topological polar surface area (TPSA) is 0 Å². The molecule has 0 bridgehead atoms. The third-order valence-electron chi connectivity index (χ3n) is 4.18. The molecule has 18 heavy (non-hydrogen) atoms. The average Bonchev–Trinajstić information content (AvgIpc) is 2.60. The van der Waals surface area contributed by atoms with Crippen LogP contribution in [0.4, 0.5) is 0 Å². The van der Waals surface area contributed by atoms with E-state index in [-0.39, 0.29) is 5.41 Å². The van der Waals surface area contributed by atoms with Gasteiger partial charge in [-0.3, -0.25) is 0 Å². The third-order valence-corrected chi connectivity index (χ3v) is 4.18. The van der Waals surface area contributed by atoms with Gasteiger partial charge in [-0.1, -0.05) is 55.9 Å². The van der Waals surface area contributed by atoms with Gasteiger partial charge >= 0.3 is 0 Å². The van der Waals surface area contributed by atoms with E-state index in [1.807, 2.05) is 0 Å². The molecule has 2 rings (SSSR count). The average molecular weight is 240 g/mol. The Morgan fingerprint density at radius 2 is 1.83 bits per heavy atom. The summed E-state index contributed by atoms with van der Waals surface area (Å²) < 4.78 is 0. The fourth-order valence-electron chi connectivity index (χ4n) is 3.07. The Balaban J connectivity index is 2.52. The Hall–Kier alpha value is -1.30. The summed E-state index contributed by atoms with van der Waals surface area (Å²) >= 11 is 0. The lowest BCUT2D eigenvalue weighted by atomic mass is 9.74. The van der Waals surface area contributed by atoms with Crippen LogP contribution in [0.2, 0.25) is 0 Å². The minimum absolute atomic E-state index is 0.274. The van der Waals surface area contributed by atoms with Gasteiger partial charge in [-0.15, -0.1) is 0 Å². The molecule has 0 saturated carbocycles. The second-order valence-electron chi connectivity index (χ2n) is 6.02. The molecule has 0 heteroatoms. The van der Waals surface area contributed by atoms with E-state index in [0.717, 1.165) is 6.42 Å². The van der Waals surface area contributed by atoms with Crippen LogP contribution >= 0.6 is 0 Å². The molecule has 0 unspecified atom stereocenters. The molecule has 0 aromatic rings. The van der Waals surface area contributed by atoms with E-state index >= 15 is 0 Å². The Morgan fingerprint density at radius 3 is 2.61 bits per heavy atom. The quantitative estimate of drug-likeness (QED) is 0.566. The molecule has 0 atom stereocenters. The molecule has 0 saturated heterocycles. The first-order chi connectivity index (χ1) is 8.52. The van der Waals surface area contributed by atoms with Crippen molar-refractivity contribution in [3.8, 4) is 0 Å². The van der Waals surface area contributed by atoms with E-state index < -0.39 is 0 Å². The van der Waals surface area contributed by atoms with Crippen LogP contribution in [0.15, 0.2) is 58.7 Å². The number of allylic oxidation sites excluding steroid dienone is 10. The van der Waals surface area contributed by atoms with Gasteiger partial charge < -0.3 is 0 Å².